The molecule has 0 radical (unpaired) electrons. The average molecular weight is 294 g/mol. The monoisotopic (exact) mass is 293 g/mol. The van der Waals surface area contributed by atoms with E-state index >= 15 is 0 Å². The molecule has 0 aliphatic rings. The third-order valence-corrected chi connectivity index (χ3v) is 3.15. The Bertz CT molecular complexity index is 629. The molecule has 0 atom stereocenters. The zero-order chi connectivity index (χ0) is 14.0. The fourth-order valence-electron chi connectivity index (χ4n) is 1.56. The summed E-state index contributed by atoms with van der Waals surface area (Å²) in [5, 5.41) is 8.66. The Morgan fingerprint density at radius 2 is 1.84 bits per heavy atom. The van der Waals surface area contributed by atoms with Gasteiger partial charge in [-0.25, -0.2) is 0 Å². The predicted molar refractivity (Wildman–Crippen MR) is 78.9 cm³/mol. The first-order valence-electron chi connectivity index (χ1n) is 5.56. The maximum absolute atomic E-state index is 5.82. The van der Waals surface area contributed by atoms with E-state index in [-0.39, 0.29) is 4.99 Å². The van der Waals surface area contributed by atoms with Gasteiger partial charge in [0.15, 0.2) is 0 Å². The quantitative estimate of drug-likeness (QED) is 0.881. The van der Waals surface area contributed by atoms with Gasteiger partial charge in [-0.1, -0.05) is 23.8 Å². The van der Waals surface area contributed by atoms with Gasteiger partial charge in [0.05, 0.1) is 11.3 Å². The second-order valence-electron chi connectivity index (χ2n) is 4.01. The van der Waals surface area contributed by atoms with E-state index in [1.165, 1.54) is 0 Å². The molecule has 2 aromatic rings. The summed E-state index contributed by atoms with van der Waals surface area (Å²) in [4.78, 5) is 0.236. The van der Waals surface area contributed by atoms with E-state index in [2.05, 4.69) is 10.2 Å². The van der Waals surface area contributed by atoms with Crippen LogP contribution < -0.4 is 10.5 Å². The van der Waals surface area contributed by atoms with Crippen LogP contribution in [0.4, 0.5) is 0 Å². The van der Waals surface area contributed by atoms with Crippen LogP contribution in [0.5, 0.6) is 11.6 Å². The van der Waals surface area contributed by atoms with E-state index in [4.69, 9.17) is 34.3 Å². The zero-order valence-corrected chi connectivity index (χ0v) is 12.0. The molecule has 6 heteroatoms. The van der Waals surface area contributed by atoms with Crippen molar-refractivity contribution in [3.63, 3.8) is 0 Å². The minimum atomic E-state index is 0.236. The third kappa shape index (κ3) is 3.00. The number of nitrogens with zero attached hydrogens (tertiary/aromatic N) is 2. The van der Waals surface area contributed by atoms with E-state index in [1.54, 1.807) is 24.3 Å². The van der Waals surface area contributed by atoms with E-state index in [0.717, 1.165) is 11.3 Å². The van der Waals surface area contributed by atoms with E-state index < -0.39 is 0 Å². The summed E-state index contributed by atoms with van der Waals surface area (Å²) in [5.41, 5.74) is 7.97. The Kier molecular flexibility index (Phi) is 3.97. The maximum atomic E-state index is 5.82. The van der Waals surface area contributed by atoms with Gasteiger partial charge in [0.2, 0.25) is 5.88 Å². The van der Waals surface area contributed by atoms with Crippen LogP contribution >= 0.6 is 23.8 Å². The van der Waals surface area contributed by atoms with Crippen molar-refractivity contribution in [2.24, 2.45) is 5.73 Å². The summed E-state index contributed by atoms with van der Waals surface area (Å²) in [7, 11) is 0. The highest BCUT2D eigenvalue weighted by atomic mass is 35.5. The summed E-state index contributed by atoms with van der Waals surface area (Å²) < 4.78 is 5.66. The van der Waals surface area contributed by atoms with E-state index in [0.29, 0.717) is 22.2 Å². The zero-order valence-electron chi connectivity index (χ0n) is 10.5. The molecule has 0 spiro atoms. The van der Waals surface area contributed by atoms with Crippen molar-refractivity contribution in [1.82, 2.24) is 10.2 Å². The van der Waals surface area contributed by atoms with Crippen molar-refractivity contribution < 1.29 is 4.74 Å². The fraction of sp³-hybridized carbons (Fsp3) is 0.154. The molecule has 0 fully saturated rings. The first kappa shape index (κ1) is 13.7. The molecular formula is C13H12ClN3OS. The molecule has 1 aromatic heterocycles. The largest absolute Gasteiger partial charge is 0.437 e. The van der Waals surface area contributed by atoms with Gasteiger partial charge >= 0.3 is 0 Å². The van der Waals surface area contributed by atoms with Crippen molar-refractivity contribution in [2.75, 3.05) is 0 Å². The SMILES string of the molecule is Cc1nnc(Oc2ccc(Cl)cc2)c(C(N)=S)c1C. The Balaban J connectivity index is 2.42. The number of aryl methyl sites for hydroxylation is 1. The molecule has 0 unspecified atom stereocenters. The van der Waals surface area contributed by atoms with Gasteiger partial charge in [0, 0.05) is 5.02 Å². The van der Waals surface area contributed by atoms with Crippen LogP contribution in [0.3, 0.4) is 0 Å². The van der Waals surface area contributed by atoms with Crippen molar-refractivity contribution in [2.45, 2.75) is 13.8 Å². The highest BCUT2D eigenvalue weighted by Crippen LogP contribution is 2.26. The van der Waals surface area contributed by atoms with Gasteiger partial charge in [0.25, 0.3) is 0 Å². The highest BCUT2D eigenvalue weighted by Gasteiger charge is 2.15. The summed E-state index contributed by atoms with van der Waals surface area (Å²) in [6.07, 6.45) is 0. The predicted octanol–water partition coefficient (Wildman–Crippen LogP) is 3.17. The second kappa shape index (κ2) is 5.50. The molecule has 98 valence electrons. The Morgan fingerprint density at radius 3 is 2.42 bits per heavy atom. The number of hydrogen-bond acceptors (Lipinski definition) is 4. The third-order valence-electron chi connectivity index (χ3n) is 2.70. The molecule has 19 heavy (non-hydrogen) atoms. The van der Waals surface area contributed by atoms with E-state index in [1.807, 2.05) is 13.8 Å². The standard InChI is InChI=1S/C13H12ClN3OS/c1-7-8(2)16-17-13(11(7)12(15)19)18-10-5-3-9(14)4-6-10/h3-6H,1-2H3,(H2,15,19). The van der Waals surface area contributed by atoms with Gasteiger partial charge in [-0.2, -0.15) is 5.10 Å². The molecular weight excluding hydrogens is 282 g/mol. The smallest absolute Gasteiger partial charge is 0.249 e. The molecule has 1 heterocycles. The normalized spacial score (nSPS) is 10.3. The van der Waals surface area contributed by atoms with E-state index in [9.17, 15) is 0 Å². The minimum absolute atomic E-state index is 0.236. The van der Waals surface area contributed by atoms with Crippen LogP contribution in [0.2, 0.25) is 5.02 Å². The highest BCUT2D eigenvalue weighted by molar-refractivity contribution is 7.80. The maximum Gasteiger partial charge on any atom is 0.249 e. The fourth-order valence-corrected chi connectivity index (χ4v) is 1.93. The Hall–Kier alpha value is -1.72. The lowest BCUT2D eigenvalue weighted by atomic mass is 10.1. The van der Waals surface area contributed by atoms with Crippen molar-refractivity contribution >= 4 is 28.8 Å². The molecule has 0 aliphatic carbocycles. The Morgan fingerprint density at radius 1 is 1.21 bits per heavy atom. The number of nitrogens with two attached hydrogens (primary N) is 1. The summed E-state index contributed by atoms with van der Waals surface area (Å²) in [6, 6.07) is 6.93. The van der Waals surface area contributed by atoms with Crippen LogP contribution in [0.15, 0.2) is 24.3 Å². The number of rotatable bonds is 3. The molecule has 1 aromatic carbocycles. The van der Waals surface area contributed by atoms with Crippen LogP contribution in [0.1, 0.15) is 16.8 Å². The summed E-state index contributed by atoms with van der Waals surface area (Å²) >= 11 is 10.9. The lowest BCUT2D eigenvalue weighted by Gasteiger charge is -2.12. The molecule has 4 nitrogen and oxygen atoms in total. The van der Waals surface area contributed by atoms with Crippen LogP contribution in [0, 0.1) is 13.8 Å². The van der Waals surface area contributed by atoms with Crippen LogP contribution in [-0.2, 0) is 0 Å². The van der Waals surface area contributed by atoms with Gasteiger partial charge in [0.1, 0.15) is 10.7 Å². The number of hydrogen-bond donors (Lipinski definition) is 1. The van der Waals surface area contributed by atoms with Gasteiger partial charge in [-0.05, 0) is 43.7 Å². The van der Waals surface area contributed by atoms with Crippen LogP contribution in [0.25, 0.3) is 0 Å². The topological polar surface area (TPSA) is 61.0 Å². The summed E-state index contributed by atoms with van der Waals surface area (Å²) in [6.45, 7) is 3.73. The summed E-state index contributed by atoms with van der Waals surface area (Å²) in [5.74, 6) is 0.900. The second-order valence-corrected chi connectivity index (χ2v) is 4.89. The number of halogens is 1. The molecule has 0 saturated carbocycles. The number of aromatic nitrogens is 2. The average Bonchev–Trinajstić information content (AvgIpc) is 2.36. The van der Waals surface area contributed by atoms with Crippen molar-refractivity contribution in [3.8, 4) is 11.6 Å². The number of thiocarbonyl (C=S) groups is 1. The number of benzene rings is 1. The Labute approximate surface area is 121 Å². The van der Waals surface area contributed by atoms with Gasteiger partial charge in [-0.3, -0.25) is 0 Å². The minimum Gasteiger partial charge on any atom is -0.437 e. The van der Waals surface area contributed by atoms with Gasteiger partial charge < -0.3 is 10.5 Å². The van der Waals surface area contributed by atoms with Crippen molar-refractivity contribution in [3.05, 3.63) is 46.1 Å². The first-order chi connectivity index (χ1) is 8.99. The van der Waals surface area contributed by atoms with Crippen LogP contribution in [-0.4, -0.2) is 15.2 Å². The number of ether oxygens (including phenoxy) is 1. The lowest BCUT2D eigenvalue weighted by molar-refractivity contribution is 0.452. The molecule has 2 rings (SSSR count). The van der Waals surface area contributed by atoms with Gasteiger partial charge in [-0.15, -0.1) is 5.10 Å². The molecule has 0 amide bonds. The lowest BCUT2D eigenvalue weighted by Crippen LogP contribution is -2.15. The van der Waals surface area contributed by atoms with Crippen molar-refractivity contribution in [1.29, 1.82) is 0 Å². The first-order valence-corrected chi connectivity index (χ1v) is 6.34. The molecule has 2 N–H and O–H groups in total. The molecule has 0 saturated heterocycles. The molecule has 0 bridgehead atoms. The molecule has 0 aliphatic heterocycles.